The number of aromatic nitrogens is 1. The average Bonchev–Trinajstić information content (AvgIpc) is 3.12. The highest BCUT2D eigenvalue weighted by atomic mass is 16.5. The minimum absolute atomic E-state index is 0.443. The van der Waals surface area contributed by atoms with Gasteiger partial charge < -0.3 is 4.74 Å². The number of pyridine rings is 1. The van der Waals surface area contributed by atoms with E-state index in [0.717, 1.165) is 18.8 Å². The average molecular weight is 330 g/mol. The van der Waals surface area contributed by atoms with Crippen LogP contribution in [0, 0.1) is 0 Å². The molecule has 0 amide bonds. The number of likely N-dealkylation sites (tertiary alicyclic amines) is 1. The van der Waals surface area contributed by atoms with Crippen LogP contribution in [0.15, 0.2) is 79.0 Å². The van der Waals surface area contributed by atoms with Crippen molar-refractivity contribution in [2.24, 2.45) is 0 Å². The van der Waals surface area contributed by atoms with Crippen LogP contribution in [-0.4, -0.2) is 16.4 Å². The van der Waals surface area contributed by atoms with E-state index >= 15 is 0 Å². The van der Waals surface area contributed by atoms with Gasteiger partial charge in [-0.25, -0.2) is 4.98 Å². The lowest BCUT2D eigenvalue weighted by Gasteiger charge is -2.24. The largest absolute Gasteiger partial charge is 0.439 e. The standard InChI is InChI=1S/C22H22N2O/c1-3-8-18(9-4-1)17-24-15-7-12-21(24)19-13-14-22(23-16-19)25-20-10-5-2-6-11-20/h1-6,8-11,13-14,16,21H,7,12,15,17H2. The summed E-state index contributed by atoms with van der Waals surface area (Å²) in [6.45, 7) is 2.13. The number of hydrogen-bond donors (Lipinski definition) is 0. The number of hydrogen-bond acceptors (Lipinski definition) is 3. The fraction of sp³-hybridized carbons (Fsp3) is 0.227. The fourth-order valence-electron chi connectivity index (χ4n) is 3.47. The number of rotatable bonds is 5. The molecular weight excluding hydrogens is 308 g/mol. The third-order valence-corrected chi connectivity index (χ3v) is 4.70. The van der Waals surface area contributed by atoms with Gasteiger partial charge in [-0.15, -0.1) is 0 Å². The molecule has 1 fully saturated rings. The number of ether oxygens (including phenoxy) is 1. The van der Waals surface area contributed by atoms with Crippen LogP contribution in [-0.2, 0) is 6.54 Å². The zero-order valence-electron chi connectivity index (χ0n) is 14.2. The molecule has 2 aromatic carbocycles. The molecule has 0 radical (unpaired) electrons. The van der Waals surface area contributed by atoms with Crippen molar-refractivity contribution in [2.45, 2.75) is 25.4 Å². The Morgan fingerprint density at radius 2 is 1.68 bits per heavy atom. The maximum atomic E-state index is 5.79. The van der Waals surface area contributed by atoms with E-state index in [1.165, 1.54) is 24.0 Å². The summed E-state index contributed by atoms with van der Waals surface area (Å²) in [4.78, 5) is 7.06. The van der Waals surface area contributed by atoms with E-state index in [0.29, 0.717) is 11.9 Å². The molecule has 0 spiro atoms. The summed E-state index contributed by atoms with van der Waals surface area (Å²) in [6.07, 6.45) is 4.39. The van der Waals surface area contributed by atoms with Crippen LogP contribution in [0.2, 0.25) is 0 Å². The van der Waals surface area contributed by atoms with E-state index in [-0.39, 0.29) is 0 Å². The van der Waals surface area contributed by atoms with Crippen LogP contribution in [0.3, 0.4) is 0 Å². The van der Waals surface area contributed by atoms with Crippen LogP contribution in [0.25, 0.3) is 0 Å². The third-order valence-electron chi connectivity index (χ3n) is 4.70. The number of para-hydroxylation sites is 1. The Labute approximate surface area is 148 Å². The Morgan fingerprint density at radius 3 is 2.40 bits per heavy atom. The first kappa shape index (κ1) is 15.9. The fourth-order valence-corrected chi connectivity index (χ4v) is 3.47. The summed E-state index contributed by atoms with van der Waals surface area (Å²) in [5.41, 5.74) is 2.64. The molecule has 2 heterocycles. The van der Waals surface area contributed by atoms with Gasteiger partial charge >= 0.3 is 0 Å². The van der Waals surface area contributed by atoms with E-state index in [4.69, 9.17) is 4.74 Å². The van der Waals surface area contributed by atoms with Crippen LogP contribution >= 0.6 is 0 Å². The van der Waals surface area contributed by atoms with Gasteiger partial charge in [-0.3, -0.25) is 4.90 Å². The molecule has 0 N–H and O–H groups in total. The molecule has 3 heteroatoms. The second-order valence-electron chi connectivity index (χ2n) is 6.46. The highest BCUT2D eigenvalue weighted by Gasteiger charge is 2.26. The Hall–Kier alpha value is -2.65. The molecular formula is C22H22N2O. The van der Waals surface area contributed by atoms with Gasteiger partial charge in [0.1, 0.15) is 5.75 Å². The predicted molar refractivity (Wildman–Crippen MR) is 99.6 cm³/mol. The van der Waals surface area contributed by atoms with Crippen molar-refractivity contribution in [2.75, 3.05) is 6.54 Å². The van der Waals surface area contributed by atoms with Crippen molar-refractivity contribution in [1.29, 1.82) is 0 Å². The van der Waals surface area contributed by atoms with Crippen molar-refractivity contribution in [3.05, 3.63) is 90.1 Å². The van der Waals surface area contributed by atoms with Crippen LogP contribution in [0.1, 0.15) is 30.0 Å². The van der Waals surface area contributed by atoms with Gasteiger partial charge in [0.05, 0.1) is 0 Å². The van der Waals surface area contributed by atoms with Crippen LogP contribution in [0.5, 0.6) is 11.6 Å². The van der Waals surface area contributed by atoms with Gasteiger partial charge in [0.15, 0.2) is 0 Å². The lowest BCUT2D eigenvalue weighted by molar-refractivity contribution is 0.248. The summed E-state index contributed by atoms with van der Waals surface area (Å²) >= 11 is 0. The van der Waals surface area contributed by atoms with Gasteiger partial charge in [-0.05, 0) is 42.6 Å². The lowest BCUT2D eigenvalue weighted by Crippen LogP contribution is -2.22. The van der Waals surface area contributed by atoms with E-state index in [1.807, 2.05) is 42.6 Å². The monoisotopic (exact) mass is 330 g/mol. The first-order valence-electron chi connectivity index (χ1n) is 8.85. The molecule has 1 aliphatic rings. The Morgan fingerprint density at radius 1 is 0.920 bits per heavy atom. The van der Waals surface area contributed by atoms with E-state index < -0.39 is 0 Å². The summed E-state index contributed by atoms with van der Waals surface area (Å²) in [5.74, 6) is 1.46. The highest BCUT2D eigenvalue weighted by molar-refractivity contribution is 5.28. The van der Waals surface area contributed by atoms with E-state index in [9.17, 15) is 0 Å². The molecule has 1 aliphatic heterocycles. The van der Waals surface area contributed by atoms with E-state index in [1.54, 1.807) is 0 Å². The van der Waals surface area contributed by atoms with Crippen molar-refractivity contribution in [3.8, 4) is 11.6 Å². The summed E-state index contributed by atoms with van der Waals surface area (Å²) in [5, 5.41) is 0. The molecule has 3 aromatic rings. The normalized spacial score (nSPS) is 17.5. The topological polar surface area (TPSA) is 25.4 Å². The third kappa shape index (κ3) is 3.89. The molecule has 3 nitrogen and oxygen atoms in total. The Balaban J connectivity index is 1.45. The summed E-state index contributed by atoms with van der Waals surface area (Å²) < 4.78 is 5.79. The van der Waals surface area contributed by atoms with Crippen LogP contribution in [0.4, 0.5) is 0 Å². The smallest absolute Gasteiger partial charge is 0.219 e. The van der Waals surface area contributed by atoms with Crippen molar-refractivity contribution in [3.63, 3.8) is 0 Å². The molecule has 0 bridgehead atoms. The molecule has 1 aromatic heterocycles. The van der Waals surface area contributed by atoms with Crippen molar-refractivity contribution >= 4 is 0 Å². The van der Waals surface area contributed by atoms with Gasteiger partial charge in [-0.1, -0.05) is 54.6 Å². The van der Waals surface area contributed by atoms with Gasteiger partial charge in [-0.2, -0.15) is 0 Å². The maximum Gasteiger partial charge on any atom is 0.219 e. The molecule has 1 saturated heterocycles. The molecule has 1 unspecified atom stereocenters. The summed E-state index contributed by atoms with van der Waals surface area (Å²) in [6, 6.07) is 25.0. The molecule has 126 valence electrons. The van der Waals surface area contributed by atoms with Gasteiger partial charge in [0.25, 0.3) is 0 Å². The van der Waals surface area contributed by atoms with Crippen molar-refractivity contribution < 1.29 is 4.74 Å². The van der Waals surface area contributed by atoms with Gasteiger partial charge in [0.2, 0.25) is 5.88 Å². The number of nitrogens with zero attached hydrogens (tertiary/aromatic N) is 2. The number of benzene rings is 2. The molecule has 0 aliphatic carbocycles. The minimum Gasteiger partial charge on any atom is -0.439 e. The van der Waals surface area contributed by atoms with E-state index in [2.05, 4.69) is 46.3 Å². The quantitative estimate of drug-likeness (QED) is 0.642. The Kier molecular flexibility index (Phi) is 4.75. The second-order valence-corrected chi connectivity index (χ2v) is 6.46. The molecule has 0 saturated carbocycles. The Bertz CT molecular complexity index is 787. The molecule has 4 rings (SSSR count). The maximum absolute atomic E-state index is 5.79. The SMILES string of the molecule is c1ccc(CN2CCCC2c2ccc(Oc3ccccc3)nc2)cc1. The molecule has 25 heavy (non-hydrogen) atoms. The lowest BCUT2D eigenvalue weighted by atomic mass is 10.1. The summed E-state index contributed by atoms with van der Waals surface area (Å²) in [7, 11) is 0. The zero-order chi connectivity index (χ0) is 16.9. The van der Waals surface area contributed by atoms with Gasteiger partial charge in [0, 0.05) is 24.8 Å². The first-order chi connectivity index (χ1) is 12.4. The first-order valence-corrected chi connectivity index (χ1v) is 8.85. The second kappa shape index (κ2) is 7.49. The van der Waals surface area contributed by atoms with Crippen LogP contribution < -0.4 is 4.74 Å². The van der Waals surface area contributed by atoms with Crippen molar-refractivity contribution in [1.82, 2.24) is 9.88 Å². The molecule has 1 atom stereocenters. The highest BCUT2D eigenvalue weighted by Crippen LogP contribution is 2.33. The predicted octanol–water partition coefficient (Wildman–Crippen LogP) is 5.21. The zero-order valence-corrected chi connectivity index (χ0v) is 14.2. The minimum atomic E-state index is 0.443.